The Bertz CT molecular complexity index is 523. The van der Waals surface area contributed by atoms with Crippen LogP contribution in [0.3, 0.4) is 0 Å². The third kappa shape index (κ3) is 4.11. The van der Waals surface area contributed by atoms with E-state index in [2.05, 4.69) is 31.6 Å². The Balaban J connectivity index is 2.93. The van der Waals surface area contributed by atoms with Gasteiger partial charge in [0.15, 0.2) is 0 Å². The number of pyridine rings is 1. The van der Waals surface area contributed by atoms with Gasteiger partial charge in [-0.25, -0.2) is 13.1 Å². The molecule has 0 bridgehead atoms. The van der Waals surface area contributed by atoms with Crippen LogP contribution in [-0.4, -0.2) is 19.4 Å². The number of sulfonamides is 1. The highest BCUT2D eigenvalue weighted by Gasteiger charge is 2.18. The minimum Gasteiger partial charge on any atom is -0.262 e. The first-order valence-corrected chi connectivity index (χ1v) is 7.33. The van der Waals surface area contributed by atoms with Crippen molar-refractivity contribution in [2.75, 3.05) is 0 Å². The van der Waals surface area contributed by atoms with Gasteiger partial charge in [0.2, 0.25) is 10.0 Å². The molecule has 0 spiro atoms. The van der Waals surface area contributed by atoms with Gasteiger partial charge in [0, 0.05) is 29.3 Å². The average molecular weight is 317 g/mol. The fourth-order valence-corrected chi connectivity index (χ4v) is 3.06. The second-order valence-electron chi connectivity index (χ2n) is 3.47. The molecule has 0 amide bonds. The van der Waals surface area contributed by atoms with E-state index in [4.69, 9.17) is 6.42 Å². The molecule has 0 radical (unpaired) electrons. The van der Waals surface area contributed by atoms with E-state index in [1.54, 1.807) is 0 Å². The number of nitrogens with zero attached hydrogens (tertiary/aromatic N) is 1. The maximum Gasteiger partial charge on any atom is 0.242 e. The molecule has 17 heavy (non-hydrogen) atoms. The number of aromatic nitrogens is 1. The molecule has 1 unspecified atom stereocenters. The summed E-state index contributed by atoms with van der Waals surface area (Å²) in [6.07, 6.45) is 9.02. The molecule has 0 aromatic carbocycles. The van der Waals surface area contributed by atoms with Gasteiger partial charge in [-0.1, -0.05) is 6.92 Å². The molecule has 0 aliphatic heterocycles. The van der Waals surface area contributed by atoms with Gasteiger partial charge in [0.05, 0.1) is 0 Å². The maximum atomic E-state index is 12.0. The molecule has 0 aliphatic rings. The Morgan fingerprint density at radius 3 is 2.82 bits per heavy atom. The zero-order valence-corrected chi connectivity index (χ0v) is 11.8. The normalized spacial score (nSPS) is 13.0. The van der Waals surface area contributed by atoms with E-state index in [0.717, 1.165) is 0 Å². The van der Waals surface area contributed by atoms with Crippen molar-refractivity contribution in [2.24, 2.45) is 0 Å². The molecule has 1 rings (SSSR count). The van der Waals surface area contributed by atoms with Crippen LogP contribution in [-0.2, 0) is 10.0 Å². The second-order valence-corrected chi connectivity index (χ2v) is 6.10. The van der Waals surface area contributed by atoms with Crippen LogP contribution < -0.4 is 4.72 Å². The van der Waals surface area contributed by atoms with E-state index in [1.807, 2.05) is 6.92 Å². The zero-order valence-electron chi connectivity index (χ0n) is 9.35. The van der Waals surface area contributed by atoms with Gasteiger partial charge in [-0.2, -0.15) is 0 Å². The maximum absolute atomic E-state index is 12.0. The first kappa shape index (κ1) is 14.2. The summed E-state index contributed by atoms with van der Waals surface area (Å²) in [7, 11) is -3.55. The minimum atomic E-state index is -3.55. The molecule has 0 aliphatic carbocycles. The number of halogens is 1. The highest BCUT2D eigenvalue weighted by atomic mass is 79.9. The van der Waals surface area contributed by atoms with E-state index in [-0.39, 0.29) is 10.9 Å². The fraction of sp³-hybridized carbons (Fsp3) is 0.364. The molecular weight excluding hydrogens is 304 g/mol. The number of nitrogens with one attached hydrogen (secondary N) is 1. The first-order valence-electron chi connectivity index (χ1n) is 5.06. The van der Waals surface area contributed by atoms with E-state index in [1.165, 1.54) is 18.5 Å². The molecule has 4 nitrogen and oxygen atoms in total. The lowest BCUT2D eigenvalue weighted by molar-refractivity contribution is 0.543. The number of rotatable bonds is 5. The molecule has 92 valence electrons. The fourth-order valence-electron chi connectivity index (χ4n) is 1.24. The van der Waals surface area contributed by atoms with Gasteiger partial charge >= 0.3 is 0 Å². The van der Waals surface area contributed by atoms with Gasteiger partial charge in [-0.3, -0.25) is 4.98 Å². The van der Waals surface area contributed by atoms with Crippen LogP contribution in [0.1, 0.15) is 19.8 Å². The summed E-state index contributed by atoms with van der Waals surface area (Å²) >= 11 is 3.18. The standard InChI is InChI=1S/C11H13BrN2O2S/c1-3-5-10(4-2)14-17(15,16)11-6-9(12)7-13-8-11/h1,6-8,10,14H,4-5H2,2H3. The molecule has 0 saturated carbocycles. The quantitative estimate of drug-likeness (QED) is 0.844. The van der Waals surface area contributed by atoms with Crippen LogP contribution in [0, 0.1) is 12.3 Å². The van der Waals surface area contributed by atoms with E-state index in [9.17, 15) is 8.42 Å². The first-order chi connectivity index (χ1) is 7.99. The van der Waals surface area contributed by atoms with Gasteiger partial charge in [-0.15, -0.1) is 12.3 Å². The van der Waals surface area contributed by atoms with E-state index < -0.39 is 10.0 Å². The van der Waals surface area contributed by atoms with Gasteiger partial charge in [0.1, 0.15) is 4.90 Å². The predicted octanol–water partition coefficient (Wildman–Crippen LogP) is 1.92. The van der Waals surface area contributed by atoms with Crippen molar-refractivity contribution >= 4 is 26.0 Å². The lowest BCUT2D eigenvalue weighted by atomic mass is 10.2. The van der Waals surface area contributed by atoms with Crippen LogP contribution in [0.25, 0.3) is 0 Å². The summed E-state index contributed by atoms with van der Waals surface area (Å²) in [4.78, 5) is 3.95. The lowest BCUT2D eigenvalue weighted by Gasteiger charge is -2.14. The summed E-state index contributed by atoms with van der Waals surface area (Å²) < 4.78 is 27.1. The van der Waals surface area contributed by atoms with E-state index >= 15 is 0 Å². The molecule has 0 saturated heterocycles. The zero-order chi connectivity index (χ0) is 12.9. The van der Waals surface area contributed by atoms with Crippen molar-refractivity contribution in [3.05, 3.63) is 22.9 Å². The number of hydrogen-bond acceptors (Lipinski definition) is 3. The molecule has 1 aromatic rings. The van der Waals surface area contributed by atoms with Crippen LogP contribution in [0.15, 0.2) is 27.8 Å². The predicted molar refractivity (Wildman–Crippen MR) is 69.8 cm³/mol. The molecule has 6 heteroatoms. The van der Waals surface area contributed by atoms with Crippen molar-refractivity contribution in [1.29, 1.82) is 0 Å². The van der Waals surface area contributed by atoms with Crippen molar-refractivity contribution < 1.29 is 8.42 Å². The number of terminal acetylenes is 1. The SMILES string of the molecule is C#CCC(CC)NS(=O)(=O)c1cncc(Br)c1. The Kier molecular flexibility index (Phi) is 5.12. The summed E-state index contributed by atoms with van der Waals surface area (Å²) in [6.45, 7) is 1.88. The van der Waals surface area contributed by atoms with E-state index in [0.29, 0.717) is 17.3 Å². The Hall–Kier alpha value is -0.900. The largest absolute Gasteiger partial charge is 0.262 e. The van der Waals surface area contributed by atoms with Gasteiger partial charge in [-0.05, 0) is 28.4 Å². The second kappa shape index (κ2) is 6.15. The highest BCUT2D eigenvalue weighted by Crippen LogP contribution is 2.15. The lowest BCUT2D eigenvalue weighted by Crippen LogP contribution is -2.34. The molecule has 0 fully saturated rings. The van der Waals surface area contributed by atoms with Crippen LogP contribution in [0.4, 0.5) is 0 Å². The molecule has 1 heterocycles. The van der Waals surface area contributed by atoms with Crippen LogP contribution >= 0.6 is 15.9 Å². The van der Waals surface area contributed by atoms with Crippen LogP contribution in [0.2, 0.25) is 0 Å². The molecular formula is C11H13BrN2O2S. The summed E-state index contributed by atoms with van der Waals surface area (Å²) in [5.74, 6) is 2.45. The smallest absolute Gasteiger partial charge is 0.242 e. The summed E-state index contributed by atoms with van der Waals surface area (Å²) in [5.41, 5.74) is 0. The molecule has 1 N–H and O–H groups in total. The van der Waals surface area contributed by atoms with Crippen LogP contribution in [0.5, 0.6) is 0 Å². The summed E-state index contributed by atoms with van der Waals surface area (Å²) in [6, 6.07) is 1.25. The third-order valence-electron chi connectivity index (χ3n) is 2.17. The average Bonchev–Trinajstić information content (AvgIpc) is 2.28. The van der Waals surface area contributed by atoms with Gasteiger partial charge in [0.25, 0.3) is 0 Å². The van der Waals surface area contributed by atoms with Gasteiger partial charge < -0.3 is 0 Å². The van der Waals surface area contributed by atoms with Crippen molar-refractivity contribution in [2.45, 2.75) is 30.7 Å². The number of hydrogen-bond donors (Lipinski definition) is 1. The molecule has 1 atom stereocenters. The topological polar surface area (TPSA) is 59.1 Å². The van der Waals surface area contributed by atoms with Crippen molar-refractivity contribution in [3.8, 4) is 12.3 Å². The summed E-state index contributed by atoms with van der Waals surface area (Å²) in [5, 5.41) is 0. The highest BCUT2D eigenvalue weighted by molar-refractivity contribution is 9.10. The minimum absolute atomic E-state index is 0.127. The Morgan fingerprint density at radius 2 is 2.29 bits per heavy atom. The monoisotopic (exact) mass is 316 g/mol. The Morgan fingerprint density at radius 1 is 1.59 bits per heavy atom. The molecule has 1 aromatic heterocycles. The Labute approximate surface area is 110 Å². The van der Waals surface area contributed by atoms with Crippen molar-refractivity contribution in [3.63, 3.8) is 0 Å². The third-order valence-corrected chi connectivity index (χ3v) is 4.09. The van der Waals surface area contributed by atoms with Crippen molar-refractivity contribution in [1.82, 2.24) is 9.71 Å².